The Bertz CT molecular complexity index is 799. The van der Waals surface area contributed by atoms with Gasteiger partial charge in [-0.3, -0.25) is 9.69 Å². The normalized spacial score (nSPS) is 19.9. The molecule has 1 saturated carbocycles. The highest BCUT2D eigenvalue weighted by molar-refractivity contribution is 9.10. The number of sulfonamides is 1. The summed E-state index contributed by atoms with van der Waals surface area (Å²) < 4.78 is 26.6. The zero-order chi connectivity index (χ0) is 20.3. The summed E-state index contributed by atoms with van der Waals surface area (Å²) in [6.07, 6.45) is 6.75. The maximum absolute atomic E-state index is 12.9. The van der Waals surface area contributed by atoms with Crippen molar-refractivity contribution in [2.45, 2.75) is 37.0 Å². The summed E-state index contributed by atoms with van der Waals surface area (Å²) in [5, 5.41) is 0. The molecule has 8 heteroatoms. The second-order valence-corrected chi connectivity index (χ2v) is 11.0. The molecule has 0 N–H and O–H groups in total. The smallest absolute Gasteiger partial charge is 0.253 e. The number of hydrogen-bond acceptors (Lipinski definition) is 4. The van der Waals surface area contributed by atoms with Gasteiger partial charge in [-0.25, -0.2) is 12.7 Å². The number of carbonyl (C=O) groups excluding carboxylic acids is 1. The average Bonchev–Trinajstić information content (AvgIpc) is 2.69. The van der Waals surface area contributed by atoms with Crippen LogP contribution in [0.15, 0.2) is 27.6 Å². The second kappa shape index (κ2) is 9.24. The van der Waals surface area contributed by atoms with Gasteiger partial charge in [-0.15, -0.1) is 0 Å². The Hall–Kier alpha value is -0.960. The molecule has 1 saturated heterocycles. The third-order valence-corrected chi connectivity index (χ3v) is 8.65. The average molecular weight is 472 g/mol. The second-order valence-electron chi connectivity index (χ2n) is 8.03. The van der Waals surface area contributed by atoms with Gasteiger partial charge in [0.15, 0.2) is 0 Å². The molecule has 0 unspecified atom stereocenters. The van der Waals surface area contributed by atoms with Gasteiger partial charge in [-0.1, -0.05) is 19.3 Å². The molecule has 1 heterocycles. The van der Waals surface area contributed by atoms with Gasteiger partial charge in [0.1, 0.15) is 0 Å². The molecular weight excluding hydrogens is 442 g/mol. The maximum atomic E-state index is 12.9. The van der Waals surface area contributed by atoms with Crippen LogP contribution >= 0.6 is 15.9 Å². The van der Waals surface area contributed by atoms with E-state index in [1.54, 1.807) is 12.1 Å². The Morgan fingerprint density at radius 3 is 2.36 bits per heavy atom. The molecule has 3 rings (SSSR count). The monoisotopic (exact) mass is 471 g/mol. The third kappa shape index (κ3) is 4.96. The molecule has 1 aliphatic heterocycles. The Morgan fingerprint density at radius 2 is 1.75 bits per heavy atom. The zero-order valence-corrected chi connectivity index (χ0v) is 19.1. The third-order valence-electron chi connectivity index (χ3n) is 5.84. The van der Waals surface area contributed by atoms with Gasteiger partial charge in [0, 0.05) is 56.9 Å². The van der Waals surface area contributed by atoms with Gasteiger partial charge >= 0.3 is 0 Å². The van der Waals surface area contributed by atoms with E-state index < -0.39 is 10.0 Å². The predicted molar refractivity (Wildman–Crippen MR) is 114 cm³/mol. The molecular formula is C20H30BrN3O3S. The Kier molecular flexibility index (Phi) is 7.17. The quantitative estimate of drug-likeness (QED) is 0.661. The van der Waals surface area contributed by atoms with Crippen LogP contribution in [0.4, 0.5) is 0 Å². The molecule has 1 aromatic carbocycles. The molecule has 156 valence electrons. The highest BCUT2D eigenvalue weighted by atomic mass is 79.9. The van der Waals surface area contributed by atoms with Crippen LogP contribution < -0.4 is 0 Å². The molecule has 0 spiro atoms. The number of amides is 1. The minimum Gasteiger partial charge on any atom is -0.336 e. The van der Waals surface area contributed by atoms with E-state index in [-0.39, 0.29) is 10.8 Å². The highest BCUT2D eigenvalue weighted by Crippen LogP contribution is 2.27. The van der Waals surface area contributed by atoms with Crippen LogP contribution in [0.2, 0.25) is 0 Å². The van der Waals surface area contributed by atoms with Crippen molar-refractivity contribution in [1.29, 1.82) is 0 Å². The maximum Gasteiger partial charge on any atom is 0.253 e. The first kappa shape index (κ1) is 21.7. The fraction of sp³-hybridized carbons (Fsp3) is 0.650. The lowest BCUT2D eigenvalue weighted by atomic mass is 9.89. The minimum atomic E-state index is -3.61. The van der Waals surface area contributed by atoms with E-state index in [0.717, 1.165) is 29.9 Å². The van der Waals surface area contributed by atoms with Gasteiger partial charge in [0.2, 0.25) is 10.0 Å². The number of piperazine rings is 1. The van der Waals surface area contributed by atoms with Crippen LogP contribution in [-0.2, 0) is 10.0 Å². The van der Waals surface area contributed by atoms with Crippen molar-refractivity contribution in [3.05, 3.63) is 28.2 Å². The summed E-state index contributed by atoms with van der Waals surface area (Å²) in [7, 11) is -0.636. The number of rotatable bonds is 5. The van der Waals surface area contributed by atoms with Crippen molar-refractivity contribution in [1.82, 2.24) is 14.1 Å². The summed E-state index contributed by atoms with van der Waals surface area (Å²) in [6, 6.07) is 4.81. The van der Waals surface area contributed by atoms with Crippen LogP contribution in [-0.4, -0.2) is 75.2 Å². The van der Waals surface area contributed by atoms with E-state index in [2.05, 4.69) is 20.8 Å². The van der Waals surface area contributed by atoms with E-state index >= 15 is 0 Å². The van der Waals surface area contributed by atoms with Crippen molar-refractivity contribution in [2.75, 3.05) is 46.8 Å². The van der Waals surface area contributed by atoms with E-state index in [0.29, 0.717) is 23.1 Å². The van der Waals surface area contributed by atoms with Crippen molar-refractivity contribution >= 4 is 31.9 Å². The van der Waals surface area contributed by atoms with Gasteiger partial charge in [-0.05, 0) is 52.9 Å². The van der Waals surface area contributed by atoms with Crippen LogP contribution in [0, 0.1) is 5.92 Å². The first-order chi connectivity index (χ1) is 13.3. The van der Waals surface area contributed by atoms with Gasteiger partial charge in [0.25, 0.3) is 5.91 Å². The topological polar surface area (TPSA) is 60.9 Å². The molecule has 0 atom stereocenters. The van der Waals surface area contributed by atoms with Crippen LogP contribution in [0.1, 0.15) is 42.5 Å². The summed E-state index contributed by atoms with van der Waals surface area (Å²) in [5.41, 5.74) is 0.421. The fourth-order valence-electron chi connectivity index (χ4n) is 4.08. The van der Waals surface area contributed by atoms with Crippen molar-refractivity contribution in [2.24, 2.45) is 5.92 Å². The van der Waals surface area contributed by atoms with Gasteiger partial charge < -0.3 is 4.90 Å². The standard InChI is InChI=1S/C20H30BrN3O3S/c1-22(2)28(26,27)19-14-17(8-9-18(19)21)20(25)24-12-10-23(11-13-24)15-16-6-4-3-5-7-16/h8-9,14,16H,3-7,10-13,15H2,1-2H3. The first-order valence-corrected chi connectivity index (χ1v) is 12.3. The summed E-state index contributed by atoms with van der Waals surface area (Å²) in [4.78, 5) is 17.4. The molecule has 28 heavy (non-hydrogen) atoms. The minimum absolute atomic E-state index is 0.0972. The van der Waals surface area contributed by atoms with Crippen molar-refractivity contribution < 1.29 is 13.2 Å². The van der Waals surface area contributed by atoms with Crippen LogP contribution in [0.25, 0.3) is 0 Å². The van der Waals surface area contributed by atoms with Crippen LogP contribution in [0.5, 0.6) is 0 Å². The van der Waals surface area contributed by atoms with E-state index in [1.807, 2.05) is 4.90 Å². The molecule has 1 aliphatic carbocycles. The SMILES string of the molecule is CN(C)S(=O)(=O)c1cc(C(=O)N2CCN(CC3CCCCC3)CC2)ccc1Br. The Morgan fingerprint density at radius 1 is 1.11 bits per heavy atom. The van der Waals surface area contributed by atoms with Gasteiger partial charge in [-0.2, -0.15) is 0 Å². The summed E-state index contributed by atoms with van der Waals surface area (Å²) in [5.74, 6) is 0.710. The molecule has 2 aliphatic rings. The molecule has 2 fully saturated rings. The highest BCUT2D eigenvalue weighted by Gasteiger charge is 2.27. The lowest BCUT2D eigenvalue weighted by Crippen LogP contribution is -2.49. The predicted octanol–water partition coefficient (Wildman–Crippen LogP) is 3.04. The number of benzene rings is 1. The molecule has 1 aromatic rings. The molecule has 1 amide bonds. The summed E-state index contributed by atoms with van der Waals surface area (Å²) >= 11 is 3.30. The van der Waals surface area contributed by atoms with E-state index in [4.69, 9.17) is 0 Å². The largest absolute Gasteiger partial charge is 0.336 e. The molecule has 0 radical (unpaired) electrons. The molecule has 0 bridgehead atoms. The zero-order valence-electron chi connectivity index (χ0n) is 16.7. The van der Waals surface area contributed by atoms with E-state index in [1.165, 1.54) is 52.3 Å². The number of hydrogen-bond donors (Lipinski definition) is 0. The first-order valence-electron chi connectivity index (χ1n) is 10.0. The lowest BCUT2D eigenvalue weighted by molar-refractivity contribution is 0.0606. The number of nitrogens with zero attached hydrogens (tertiary/aromatic N) is 3. The molecule has 0 aromatic heterocycles. The number of carbonyl (C=O) groups is 1. The van der Waals surface area contributed by atoms with Crippen LogP contribution in [0.3, 0.4) is 0 Å². The van der Waals surface area contributed by atoms with Crippen molar-refractivity contribution in [3.63, 3.8) is 0 Å². The Labute approximate surface area is 177 Å². The molecule has 6 nitrogen and oxygen atoms in total. The van der Waals surface area contributed by atoms with Crippen molar-refractivity contribution in [3.8, 4) is 0 Å². The fourth-order valence-corrected chi connectivity index (χ4v) is 5.93. The summed E-state index contributed by atoms with van der Waals surface area (Å²) in [6.45, 7) is 4.31. The Balaban J connectivity index is 1.63. The van der Waals surface area contributed by atoms with Gasteiger partial charge in [0.05, 0.1) is 4.90 Å². The number of halogens is 1. The lowest BCUT2D eigenvalue weighted by Gasteiger charge is -2.37. The van der Waals surface area contributed by atoms with E-state index in [9.17, 15) is 13.2 Å².